The van der Waals surface area contributed by atoms with Crippen LogP contribution in [-0.2, 0) is 0 Å². The Morgan fingerprint density at radius 1 is 1.57 bits per heavy atom. The van der Waals surface area contributed by atoms with Crippen molar-refractivity contribution in [2.45, 2.75) is 51.1 Å². The summed E-state index contributed by atoms with van der Waals surface area (Å²) >= 11 is 0. The predicted molar refractivity (Wildman–Crippen MR) is 55.1 cm³/mol. The van der Waals surface area contributed by atoms with Gasteiger partial charge in [-0.3, -0.25) is 0 Å². The third-order valence-corrected chi connectivity index (χ3v) is 2.77. The number of hydrogen-bond donors (Lipinski definition) is 3. The monoisotopic (exact) mass is 200 g/mol. The molecule has 0 heterocycles. The van der Waals surface area contributed by atoms with Crippen molar-refractivity contribution in [2.75, 3.05) is 6.61 Å². The lowest BCUT2D eigenvalue weighted by atomic mass is 9.95. The van der Waals surface area contributed by atoms with Crippen LogP contribution in [0.25, 0.3) is 0 Å². The fourth-order valence-electron chi connectivity index (χ4n) is 1.30. The number of hydrogen-bond acceptors (Lipinski definition) is 2. The van der Waals surface area contributed by atoms with Crippen LogP contribution in [0.5, 0.6) is 0 Å². The average Bonchev–Trinajstić information content (AvgIpc) is 2.88. The van der Waals surface area contributed by atoms with E-state index >= 15 is 0 Å². The standard InChI is InChI=1S/C10H20N2O2/c1-3-10(2,6-7-13)12-9(14)11-8-4-5-8/h8,13H,3-7H2,1-2H3,(H2,11,12,14). The summed E-state index contributed by atoms with van der Waals surface area (Å²) in [4.78, 5) is 11.4. The molecule has 0 radical (unpaired) electrons. The Bertz CT molecular complexity index is 204. The second-order valence-electron chi connectivity index (χ2n) is 4.26. The molecule has 82 valence electrons. The SMILES string of the molecule is CCC(C)(CCO)NC(=O)NC1CC1. The van der Waals surface area contributed by atoms with E-state index < -0.39 is 0 Å². The molecule has 3 N–H and O–H groups in total. The maximum Gasteiger partial charge on any atom is 0.315 e. The van der Waals surface area contributed by atoms with E-state index in [9.17, 15) is 4.79 Å². The van der Waals surface area contributed by atoms with Crippen LogP contribution in [0.2, 0.25) is 0 Å². The number of amides is 2. The predicted octanol–water partition coefficient (Wildman–Crippen LogP) is 0.999. The quantitative estimate of drug-likeness (QED) is 0.620. The van der Waals surface area contributed by atoms with Crippen LogP contribution in [-0.4, -0.2) is 29.3 Å². The summed E-state index contributed by atoms with van der Waals surface area (Å²) in [7, 11) is 0. The first kappa shape index (κ1) is 11.3. The van der Waals surface area contributed by atoms with Gasteiger partial charge in [0.05, 0.1) is 0 Å². The van der Waals surface area contributed by atoms with Gasteiger partial charge in [0.1, 0.15) is 0 Å². The third-order valence-electron chi connectivity index (χ3n) is 2.77. The molecule has 4 nitrogen and oxygen atoms in total. The first-order chi connectivity index (χ1) is 6.59. The number of nitrogens with one attached hydrogen (secondary N) is 2. The van der Waals surface area contributed by atoms with Gasteiger partial charge in [0, 0.05) is 18.2 Å². The van der Waals surface area contributed by atoms with Crippen molar-refractivity contribution in [3.63, 3.8) is 0 Å². The molecule has 1 aliphatic rings. The molecule has 0 bridgehead atoms. The number of aliphatic hydroxyl groups is 1. The minimum atomic E-state index is -0.284. The van der Waals surface area contributed by atoms with E-state index in [0.29, 0.717) is 12.5 Å². The summed E-state index contributed by atoms with van der Waals surface area (Å²) in [6.45, 7) is 4.07. The normalized spacial score (nSPS) is 19.9. The van der Waals surface area contributed by atoms with Crippen molar-refractivity contribution in [1.82, 2.24) is 10.6 Å². The molecule has 0 aliphatic heterocycles. The lowest BCUT2D eigenvalue weighted by Gasteiger charge is -2.28. The van der Waals surface area contributed by atoms with Crippen molar-refractivity contribution < 1.29 is 9.90 Å². The Hall–Kier alpha value is -0.770. The van der Waals surface area contributed by atoms with Gasteiger partial charge in [0.15, 0.2) is 0 Å². The van der Waals surface area contributed by atoms with Gasteiger partial charge in [0.2, 0.25) is 0 Å². The molecular formula is C10H20N2O2. The smallest absolute Gasteiger partial charge is 0.315 e. The highest BCUT2D eigenvalue weighted by Crippen LogP contribution is 2.19. The molecule has 14 heavy (non-hydrogen) atoms. The summed E-state index contributed by atoms with van der Waals surface area (Å²) in [5.41, 5.74) is -0.284. The van der Waals surface area contributed by atoms with Gasteiger partial charge in [-0.2, -0.15) is 0 Å². The molecule has 1 rings (SSSR count). The second-order valence-corrected chi connectivity index (χ2v) is 4.26. The lowest BCUT2D eigenvalue weighted by molar-refractivity contribution is 0.200. The summed E-state index contributed by atoms with van der Waals surface area (Å²) in [5, 5.41) is 14.6. The van der Waals surface area contributed by atoms with Gasteiger partial charge < -0.3 is 15.7 Å². The highest BCUT2D eigenvalue weighted by atomic mass is 16.3. The number of aliphatic hydroxyl groups excluding tert-OH is 1. The van der Waals surface area contributed by atoms with Crippen LogP contribution < -0.4 is 10.6 Å². The molecule has 1 fully saturated rings. The van der Waals surface area contributed by atoms with Gasteiger partial charge in [-0.1, -0.05) is 6.92 Å². The van der Waals surface area contributed by atoms with Gasteiger partial charge in [-0.15, -0.1) is 0 Å². The Labute approximate surface area is 85.1 Å². The van der Waals surface area contributed by atoms with E-state index in [1.807, 2.05) is 13.8 Å². The first-order valence-electron chi connectivity index (χ1n) is 5.29. The summed E-state index contributed by atoms with van der Waals surface area (Å²) in [6.07, 6.45) is 3.61. The van der Waals surface area contributed by atoms with Gasteiger partial charge in [-0.25, -0.2) is 4.79 Å². The van der Waals surface area contributed by atoms with E-state index in [1.165, 1.54) is 0 Å². The van der Waals surface area contributed by atoms with Crippen LogP contribution in [0.15, 0.2) is 0 Å². The highest BCUT2D eigenvalue weighted by Gasteiger charge is 2.27. The minimum Gasteiger partial charge on any atom is -0.396 e. The van der Waals surface area contributed by atoms with Gasteiger partial charge in [-0.05, 0) is 32.6 Å². The van der Waals surface area contributed by atoms with Crippen LogP contribution in [0.4, 0.5) is 4.79 Å². The molecule has 1 atom stereocenters. The molecule has 1 saturated carbocycles. The summed E-state index contributed by atoms with van der Waals surface area (Å²) in [6, 6.07) is 0.274. The highest BCUT2D eigenvalue weighted by molar-refractivity contribution is 5.75. The zero-order valence-electron chi connectivity index (χ0n) is 8.97. The van der Waals surface area contributed by atoms with E-state index in [2.05, 4.69) is 10.6 Å². The van der Waals surface area contributed by atoms with E-state index in [4.69, 9.17) is 5.11 Å². The van der Waals surface area contributed by atoms with Crippen LogP contribution in [0, 0.1) is 0 Å². The van der Waals surface area contributed by atoms with E-state index in [-0.39, 0.29) is 18.2 Å². The van der Waals surface area contributed by atoms with E-state index in [0.717, 1.165) is 19.3 Å². The topological polar surface area (TPSA) is 61.4 Å². The lowest BCUT2D eigenvalue weighted by Crippen LogP contribution is -2.50. The average molecular weight is 200 g/mol. The van der Waals surface area contributed by atoms with Crippen LogP contribution in [0.1, 0.15) is 39.5 Å². The van der Waals surface area contributed by atoms with Crippen molar-refractivity contribution in [2.24, 2.45) is 0 Å². The van der Waals surface area contributed by atoms with Crippen molar-refractivity contribution >= 4 is 6.03 Å². The summed E-state index contributed by atoms with van der Waals surface area (Å²) < 4.78 is 0. The van der Waals surface area contributed by atoms with Crippen LogP contribution >= 0.6 is 0 Å². The maximum atomic E-state index is 11.4. The molecule has 2 amide bonds. The summed E-state index contributed by atoms with van der Waals surface area (Å²) in [5.74, 6) is 0. The fraction of sp³-hybridized carbons (Fsp3) is 0.900. The zero-order valence-corrected chi connectivity index (χ0v) is 8.97. The molecule has 0 spiro atoms. The number of urea groups is 1. The molecule has 0 aromatic carbocycles. The second kappa shape index (κ2) is 4.64. The van der Waals surface area contributed by atoms with Crippen molar-refractivity contribution in [1.29, 1.82) is 0 Å². The molecular weight excluding hydrogens is 180 g/mol. The van der Waals surface area contributed by atoms with Crippen molar-refractivity contribution in [3.05, 3.63) is 0 Å². The number of carbonyl (C=O) groups excluding carboxylic acids is 1. The maximum absolute atomic E-state index is 11.4. The molecule has 4 heteroatoms. The Kier molecular flexibility index (Phi) is 3.75. The van der Waals surface area contributed by atoms with Crippen LogP contribution in [0.3, 0.4) is 0 Å². The molecule has 0 aromatic rings. The zero-order chi connectivity index (χ0) is 10.6. The molecule has 1 unspecified atom stereocenters. The Morgan fingerprint density at radius 3 is 2.64 bits per heavy atom. The Morgan fingerprint density at radius 2 is 2.21 bits per heavy atom. The van der Waals surface area contributed by atoms with Gasteiger partial charge >= 0.3 is 6.03 Å². The number of rotatable bonds is 5. The number of carbonyl (C=O) groups is 1. The third kappa shape index (κ3) is 3.54. The molecule has 0 saturated heterocycles. The van der Waals surface area contributed by atoms with Crippen molar-refractivity contribution in [3.8, 4) is 0 Å². The molecule has 1 aliphatic carbocycles. The largest absolute Gasteiger partial charge is 0.396 e. The minimum absolute atomic E-state index is 0.105. The fourth-order valence-corrected chi connectivity index (χ4v) is 1.30. The molecule has 0 aromatic heterocycles. The van der Waals surface area contributed by atoms with E-state index in [1.54, 1.807) is 0 Å². The Balaban J connectivity index is 2.33. The first-order valence-corrected chi connectivity index (χ1v) is 5.29. The van der Waals surface area contributed by atoms with Gasteiger partial charge in [0.25, 0.3) is 0 Å².